The molecule has 0 bridgehead atoms. The number of rotatable bonds is 3. The molecule has 0 heterocycles. The highest BCUT2D eigenvalue weighted by molar-refractivity contribution is 5.85. The van der Waals surface area contributed by atoms with Crippen molar-refractivity contribution in [3.63, 3.8) is 0 Å². The molecule has 15 heavy (non-hydrogen) atoms. The Bertz CT molecular complexity index is 311. The molecule has 0 saturated carbocycles. The first-order valence-electron chi connectivity index (χ1n) is 4.52. The smallest absolute Gasteiger partial charge is 0.322 e. The van der Waals surface area contributed by atoms with Crippen molar-refractivity contribution in [2.45, 2.75) is 19.4 Å². The lowest BCUT2D eigenvalue weighted by Gasteiger charge is -2.08. The van der Waals surface area contributed by atoms with E-state index in [0.29, 0.717) is 6.42 Å². The standard InChI is InChI=1S/C11H15NO2.ClH/c1-8-3-5-9(6-4-8)7-10(12)11(13)14-2;/h3-6,10H,7,12H2,1-2H3;1H/t10-;/m0./s1. The van der Waals surface area contributed by atoms with Crippen LogP contribution in [0.2, 0.25) is 0 Å². The van der Waals surface area contributed by atoms with Gasteiger partial charge in [-0.2, -0.15) is 0 Å². The fourth-order valence-corrected chi connectivity index (χ4v) is 1.21. The first-order chi connectivity index (χ1) is 6.63. The van der Waals surface area contributed by atoms with E-state index < -0.39 is 6.04 Å². The highest BCUT2D eigenvalue weighted by atomic mass is 35.5. The fourth-order valence-electron chi connectivity index (χ4n) is 1.21. The van der Waals surface area contributed by atoms with Crippen LogP contribution in [0.3, 0.4) is 0 Å². The molecule has 0 saturated heterocycles. The van der Waals surface area contributed by atoms with Gasteiger partial charge in [0.05, 0.1) is 7.11 Å². The number of halogens is 1. The molecular weight excluding hydrogens is 214 g/mol. The number of hydrogen-bond donors (Lipinski definition) is 1. The van der Waals surface area contributed by atoms with Crippen LogP contribution in [0.4, 0.5) is 0 Å². The van der Waals surface area contributed by atoms with Gasteiger partial charge in [0.25, 0.3) is 0 Å². The Kier molecular flexibility index (Phi) is 5.97. The molecule has 0 fully saturated rings. The lowest BCUT2D eigenvalue weighted by Crippen LogP contribution is -2.33. The minimum Gasteiger partial charge on any atom is -0.468 e. The molecule has 0 aliphatic carbocycles. The SMILES string of the molecule is COC(=O)[C@@H](N)Cc1ccc(C)cc1.Cl. The molecule has 1 atom stereocenters. The minimum atomic E-state index is -0.567. The summed E-state index contributed by atoms with van der Waals surface area (Å²) in [6.45, 7) is 2.02. The van der Waals surface area contributed by atoms with Crippen LogP contribution in [0.1, 0.15) is 11.1 Å². The van der Waals surface area contributed by atoms with E-state index in [4.69, 9.17) is 5.73 Å². The van der Waals surface area contributed by atoms with Crippen molar-refractivity contribution in [2.24, 2.45) is 5.73 Å². The highest BCUT2D eigenvalue weighted by Crippen LogP contribution is 2.05. The van der Waals surface area contributed by atoms with E-state index in [1.807, 2.05) is 31.2 Å². The average molecular weight is 230 g/mol. The van der Waals surface area contributed by atoms with E-state index in [0.717, 1.165) is 5.56 Å². The summed E-state index contributed by atoms with van der Waals surface area (Å²) >= 11 is 0. The maximum atomic E-state index is 11.0. The first kappa shape index (κ1) is 13.9. The number of methoxy groups -OCH3 is 1. The summed E-state index contributed by atoms with van der Waals surface area (Å²) in [7, 11) is 1.34. The van der Waals surface area contributed by atoms with Gasteiger partial charge in [-0.25, -0.2) is 0 Å². The van der Waals surface area contributed by atoms with Crippen molar-refractivity contribution >= 4 is 18.4 Å². The van der Waals surface area contributed by atoms with Gasteiger partial charge in [0.2, 0.25) is 0 Å². The van der Waals surface area contributed by atoms with Crippen LogP contribution in [0.25, 0.3) is 0 Å². The molecule has 0 unspecified atom stereocenters. The predicted molar refractivity (Wildman–Crippen MR) is 62.1 cm³/mol. The third-order valence-corrected chi connectivity index (χ3v) is 2.08. The molecule has 0 spiro atoms. The fraction of sp³-hybridized carbons (Fsp3) is 0.364. The molecule has 1 aromatic carbocycles. The molecule has 1 rings (SSSR count). The van der Waals surface area contributed by atoms with E-state index >= 15 is 0 Å². The molecule has 0 radical (unpaired) electrons. The zero-order valence-corrected chi connectivity index (χ0v) is 9.71. The van der Waals surface area contributed by atoms with Crippen LogP contribution in [0.5, 0.6) is 0 Å². The van der Waals surface area contributed by atoms with Gasteiger partial charge >= 0.3 is 5.97 Å². The van der Waals surface area contributed by atoms with Crippen LogP contribution >= 0.6 is 12.4 Å². The second-order valence-electron chi connectivity index (χ2n) is 3.32. The summed E-state index contributed by atoms with van der Waals surface area (Å²) in [4.78, 5) is 11.0. The molecule has 0 aromatic heterocycles. The molecule has 0 amide bonds. The summed E-state index contributed by atoms with van der Waals surface area (Å²) < 4.78 is 4.54. The van der Waals surface area contributed by atoms with E-state index in [-0.39, 0.29) is 18.4 Å². The minimum absolute atomic E-state index is 0. The maximum absolute atomic E-state index is 11.0. The van der Waals surface area contributed by atoms with Crippen molar-refractivity contribution in [3.8, 4) is 0 Å². The van der Waals surface area contributed by atoms with Gasteiger partial charge in [-0.1, -0.05) is 29.8 Å². The predicted octanol–water partition coefficient (Wildman–Crippen LogP) is 1.46. The lowest BCUT2D eigenvalue weighted by atomic mass is 10.1. The molecule has 0 aliphatic heterocycles. The summed E-state index contributed by atoms with van der Waals surface area (Å²) in [5.74, 6) is -0.370. The van der Waals surface area contributed by atoms with Crippen molar-refractivity contribution in [1.82, 2.24) is 0 Å². The van der Waals surface area contributed by atoms with Crippen LogP contribution in [-0.4, -0.2) is 19.1 Å². The van der Waals surface area contributed by atoms with Crippen LogP contribution in [0, 0.1) is 6.92 Å². The zero-order chi connectivity index (χ0) is 10.6. The molecular formula is C11H16ClNO2. The van der Waals surface area contributed by atoms with Crippen molar-refractivity contribution in [1.29, 1.82) is 0 Å². The molecule has 4 heteroatoms. The maximum Gasteiger partial charge on any atom is 0.322 e. The number of esters is 1. The Hall–Kier alpha value is -1.06. The quantitative estimate of drug-likeness (QED) is 0.799. The monoisotopic (exact) mass is 229 g/mol. The van der Waals surface area contributed by atoms with E-state index in [9.17, 15) is 4.79 Å². The average Bonchev–Trinajstić information content (AvgIpc) is 2.20. The van der Waals surface area contributed by atoms with Gasteiger partial charge in [0, 0.05) is 0 Å². The Morgan fingerprint density at radius 2 is 1.93 bits per heavy atom. The van der Waals surface area contributed by atoms with Crippen molar-refractivity contribution in [2.75, 3.05) is 7.11 Å². The van der Waals surface area contributed by atoms with Gasteiger partial charge in [0.15, 0.2) is 0 Å². The summed E-state index contributed by atoms with van der Waals surface area (Å²) in [5, 5.41) is 0. The summed E-state index contributed by atoms with van der Waals surface area (Å²) in [6, 6.07) is 7.37. The second-order valence-corrected chi connectivity index (χ2v) is 3.32. The summed E-state index contributed by atoms with van der Waals surface area (Å²) in [5.41, 5.74) is 7.87. The Balaban J connectivity index is 0.00000196. The normalized spacial score (nSPS) is 11.4. The number of aryl methyl sites for hydroxylation is 1. The van der Waals surface area contributed by atoms with E-state index in [1.54, 1.807) is 0 Å². The van der Waals surface area contributed by atoms with Crippen LogP contribution in [-0.2, 0) is 16.0 Å². The van der Waals surface area contributed by atoms with Gasteiger partial charge in [-0.05, 0) is 18.9 Å². The zero-order valence-electron chi connectivity index (χ0n) is 8.90. The third-order valence-electron chi connectivity index (χ3n) is 2.08. The van der Waals surface area contributed by atoms with E-state index in [1.165, 1.54) is 12.7 Å². The second kappa shape index (κ2) is 6.43. The number of ether oxygens (including phenoxy) is 1. The number of nitrogens with two attached hydrogens (primary N) is 1. The van der Waals surface area contributed by atoms with Gasteiger partial charge in [-0.3, -0.25) is 4.79 Å². The summed E-state index contributed by atoms with van der Waals surface area (Å²) in [6.07, 6.45) is 0.521. The molecule has 3 nitrogen and oxygen atoms in total. The Labute approximate surface area is 96.0 Å². The highest BCUT2D eigenvalue weighted by Gasteiger charge is 2.13. The van der Waals surface area contributed by atoms with Crippen molar-refractivity contribution in [3.05, 3.63) is 35.4 Å². The first-order valence-corrected chi connectivity index (χ1v) is 4.52. The van der Waals surface area contributed by atoms with Crippen LogP contribution in [0.15, 0.2) is 24.3 Å². The van der Waals surface area contributed by atoms with Gasteiger partial charge in [-0.15, -0.1) is 12.4 Å². The van der Waals surface area contributed by atoms with E-state index in [2.05, 4.69) is 4.74 Å². The number of benzene rings is 1. The number of hydrogen-bond acceptors (Lipinski definition) is 3. The van der Waals surface area contributed by atoms with Gasteiger partial charge < -0.3 is 10.5 Å². The third kappa shape index (κ3) is 4.32. The van der Waals surface area contributed by atoms with Crippen molar-refractivity contribution < 1.29 is 9.53 Å². The molecule has 84 valence electrons. The Morgan fingerprint density at radius 3 is 2.40 bits per heavy atom. The topological polar surface area (TPSA) is 52.3 Å². The molecule has 1 aromatic rings. The Morgan fingerprint density at radius 1 is 1.40 bits per heavy atom. The number of carbonyl (C=O) groups is 1. The molecule has 0 aliphatic rings. The lowest BCUT2D eigenvalue weighted by molar-refractivity contribution is -0.142. The molecule has 2 N–H and O–H groups in total. The van der Waals surface area contributed by atoms with Gasteiger partial charge in [0.1, 0.15) is 6.04 Å². The number of carbonyl (C=O) groups excluding carboxylic acids is 1. The largest absolute Gasteiger partial charge is 0.468 e. The van der Waals surface area contributed by atoms with Crippen LogP contribution < -0.4 is 5.73 Å².